The Labute approximate surface area is 122 Å². The molecule has 0 bridgehead atoms. The Hall–Kier alpha value is -1.62. The number of carbonyl (C=O) groups is 1. The molecular weight excluding hydrogens is 280 g/mol. The zero-order valence-electron chi connectivity index (χ0n) is 11.5. The van der Waals surface area contributed by atoms with Crippen molar-refractivity contribution in [1.29, 1.82) is 0 Å². The van der Waals surface area contributed by atoms with Crippen molar-refractivity contribution in [2.75, 3.05) is 6.54 Å². The van der Waals surface area contributed by atoms with Crippen molar-refractivity contribution in [3.05, 3.63) is 38.9 Å². The molecule has 1 saturated heterocycles. The van der Waals surface area contributed by atoms with E-state index in [2.05, 4.69) is 6.92 Å². The average Bonchev–Trinajstić information content (AvgIpc) is 2.38. The van der Waals surface area contributed by atoms with Gasteiger partial charge in [0.15, 0.2) is 0 Å². The van der Waals surface area contributed by atoms with Crippen LogP contribution in [0, 0.1) is 16.0 Å². The van der Waals surface area contributed by atoms with E-state index in [9.17, 15) is 14.9 Å². The fourth-order valence-electron chi connectivity index (χ4n) is 2.65. The summed E-state index contributed by atoms with van der Waals surface area (Å²) in [5.74, 6) is 0.368. The number of non-ortho nitro benzene ring substituents is 1. The number of nitro benzene ring substituents is 1. The summed E-state index contributed by atoms with van der Waals surface area (Å²) in [6, 6.07) is 4.10. The van der Waals surface area contributed by atoms with E-state index < -0.39 is 4.92 Å². The van der Waals surface area contributed by atoms with E-state index in [0.29, 0.717) is 12.5 Å². The van der Waals surface area contributed by atoms with Gasteiger partial charge in [-0.3, -0.25) is 14.9 Å². The number of likely N-dealkylation sites (tertiary alicyclic amines) is 1. The number of nitro groups is 1. The van der Waals surface area contributed by atoms with Crippen molar-refractivity contribution in [3.63, 3.8) is 0 Å². The Bertz CT molecular complexity index is 547. The van der Waals surface area contributed by atoms with E-state index in [-0.39, 0.29) is 28.2 Å². The third-order valence-corrected chi connectivity index (χ3v) is 4.12. The number of hydrogen-bond donors (Lipinski definition) is 0. The highest BCUT2D eigenvalue weighted by atomic mass is 35.5. The molecular formula is C14H17ClN2O3. The minimum absolute atomic E-state index is 0.115. The van der Waals surface area contributed by atoms with E-state index in [1.54, 1.807) is 4.90 Å². The monoisotopic (exact) mass is 296 g/mol. The van der Waals surface area contributed by atoms with Gasteiger partial charge >= 0.3 is 0 Å². The summed E-state index contributed by atoms with van der Waals surface area (Å²) in [6.45, 7) is 4.83. The second-order valence-electron chi connectivity index (χ2n) is 5.40. The maximum Gasteiger partial charge on any atom is 0.270 e. The smallest absolute Gasteiger partial charge is 0.270 e. The standard InChI is InChI=1S/C14H17ClN2O3/c1-9-5-6-16(10(2)7-9)14(18)12-8-11(17(19)20)3-4-13(12)15/h3-4,8-10H,5-7H2,1-2H3. The van der Waals surface area contributed by atoms with Gasteiger partial charge in [0.2, 0.25) is 0 Å². The van der Waals surface area contributed by atoms with Crippen molar-refractivity contribution in [2.45, 2.75) is 32.7 Å². The Morgan fingerprint density at radius 3 is 2.75 bits per heavy atom. The maximum absolute atomic E-state index is 12.5. The summed E-state index contributed by atoms with van der Waals surface area (Å²) >= 11 is 6.02. The molecule has 5 nitrogen and oxygen atoms in total. The lowest BCUT2D eigenvalue weighted by Crippen LogP contribution is -2.44. The van der Waals surface area contributed by atoms with Crippen LogP contribution in [0.2, 0.25) is 5.02 Å². The quantitative estimate of drug-likeness (QED) is 0.619. The molecule has 108 valence electrons. The number of halogens is 1. The van der Waals surface area contributed by atoms with Crippen LogP contribution in [0.15, 0.2) is 18.2 Å². The molecule has 1 aliphatic rings. The fraction of sp³-hybridized carbons (Fsp3) is 0.500. The van der Waals surface area contributed by atoms with Crippen molar-refractivity contribution < 1.29 is 9.72 Å². The molecule has 1 aromatic rings. The van der Waals surface area contributed by atoms with Crippen molar-refractivity contribution in [2.24, 2.45) is 5.92 Å². The van der Waals surface area contributed by atoms with Crippen LogP contribution in [0.25, 0.3) is 0 Å². The van der Waals surface area contributed by atoms with Crippen molar-refractivity contribution >= 4 is 23.2 Å². The highest BCUT2D eigenvalue weighted by Crippen LogP contribution is 2.28. The summed E-state index contributed by atoms with van der Waals surface area (Å²) in [6.07, 6.45) is 1.89. The number of benzene rings is 1. The Balaban J connectivity index is 2.29. The van der Waals surface area contributed by atoms with E-state index in [4.69, 9.17) is 11.6 Å². The molecule has 6 heteroatoms. The predicted molar refractivity (Wildman–Crippen MR) is 77.0 cm³/mol. The molecule has 20 heavy (non-hydrogen) atoms. The molecule has 0 radical (unpaired) electrons. The van der Waals surface area contributed by atoms with Gasteiger partial charge in [0.05, 0.1) is 15.5 Å². The number of hydrogen-bond acceptors (Lipinski definition) is 3. The molecule has 0 aliphatic carbocycles. The summed E-state index contributed by atoms with van der Waals surface area (Å²) in [7, 11) is 0. The molecule has 0 spiro atoms. The van der Waals surface area contributed by atoms with Crippen LogP contribution in [0.3, 0.4) is 0 Å². The molecule has 1 heterocycles. The lowest BCUT2D eigenvalue weighted by Gasteiger charge is -2.36. The molecule has 0 saturated carbocycles. The molecule has 1 aliphatic heterocycles. The maximum atomic E-state index is 12.5. The van der Waals surface area contributed by atoms with E-state index in [1.807, 2.05) is 6.92 Å². The van der Waals surface area contributed by atoms with Crippen LogP contribution in [-0.2, 0) is 0 Å². The van der Waals surface area contributed by atoms with Crippen molar-refractivity contribution in [1.82, 2.24) is 4.90 Å². The largest absolute Gasteiger partial charge is 0.336 e. The normalized spacial score (nSPS) is 22.6. The number of nitrogens with zero attached hydrogens (tertiary/aromatic N) is 2. The molecule has 1 fully saturated rings. The topological polar surface area (TPSA) is 63.5 Å². The minimum atomic E-state index is -0.519. The number of carbonyl (C=O) groups excluding carboxylic acids is 1. The summed E-state index contributed by atoms with van der Waals surface area (Å²) in [5.41, 5.74) is 0.0954. The predicted octanol–water partition coefficient (Wildman–Crippen LogP) is 3.51. The summed E-state index contributed by atoms with van der Waals surface area (Å²) in [4.78, 5) is 24.6. The second-order valence-corrected chi connectivity index (χ2v) is 5.81. The van der Waals surface area contributed by atoms with Crippen LogP contribution < -0.4 is 0 Å². The lowest BCUT2D eigenvalue weighted by molar-refractivity contribution is -0.384. The first-order chi connectivity index (χ1) is 9.40. The molecule has 0 aromatic heterocycles. The second kappa shape index (κ2) is 5.79. The Kier molecular flexibility index (Phi) is 4.28. The zero-order valence-corrected chi connectivity index (χ0v) is 12.3. The van der Waals surface area contributed by atoms with Crippen LogP contribution in [-0.4, -0.2) is 28.3 Å². The first kappa shape index (κ1) is 14.8. The van der Waals surface area contributed by atoms with Crippen LogP contribution >= 0.6 is 11.6 Å². The molecule has 1 amide bonds. The molecule has 1 aromatic carbocycles. The molecule has 2 rings (SSSR count). The van der Waals surface area contributed by atoms with E-state index in [1.165, 1.54) is 18.2 Å². The van der Waals surface area contributed by atoms with Crippen molar-refractivity contribution in [3.8, 4) is 0 Å². The summed E-state index contributed by atoms with van der Waals surface area (Å²) < 4.78 is 0. The van der Waals surface area contributed by atoms with Gasteiger partial charge in [-0.15, -0.1) is 0 Å². The van der Waals surface area contributed by atoms with Gasteiger partial charge in [0.25, 0.3) is 11.6 Å². The first-order valence-corrected chi connectivity index (χ1v) is 7.03. The average molecular weight is 297 g/mol. The third kappa shape index (κ3) is 2.93. The van der Waals surface area contributed by atoms with Crippen LogP contribution in [0.5, 0.6) is 0 Å². The first-order valence-electron chi connectivity index (χ1n) is 6.65. The van der Waals surface area contributed by atoms with Gasteiger partial charge in [0, 0.05) is 24.7 Å². The molecule has 0 N–H and O–H groups in total. The SMILES string of the molecule is CC1CCN(C(=O)c2cc([N+](=O)[O-])ccc2Cl)C(C)C1. The molecule has 2 unspecified atom stereocenters. The highest BCUT2D eigenvalue weighted by molar-refractivity contribution is 6.33. The Morgan fingerprint density at radius 1 is 1.45 bits per heavy atom. The van der Waals surface area contributed by atoms with E-state index in [0.717, 1.165) is 12.8 Å². The van der Waals surface area contributed by atoms with Gasteiger partial charge in [-0.25, -0.2) is 0 Å². The number of amides is 1. The van der Waals surface area contributed by atoms with Crippen LogP contribution in [0.1, 0.15) is 37.0 Å². The molecule has 2 atom stereocenters. The van der Waals surface area contributed by atoms with Gasteiger partial charge in [0.1, 0.15) is 0 Å². The van der Waals surface area contributed by atoms with Gasteiger partial charge in [-0.2, -0.15) is 0 Å². The highest BCUT2D eigenvalue weighted by Gasteiger charge is 2.29. The summed E-state index contributed by atoms with van der Waals surface area (Å²) in [5, 5.41) is 11.1. The van der Waals surface area contributed by atoms with E-state index >= 15 is 0 Å². The van der Waals surface area contributed by atoms with Gasteiger partial charge in [-0.05, 0) is 31.7 Å². The minimum Gasteiger partial charge on any atom is -0.336 e. The number of rotatable bonds is 2. The number of piperidine rings is 1. The Morgan fingerprint density at radius 2 is 2.15 bits per heavy atom. The fourth-order valence-corrected chi connectivity index (χ4v) is 2.85. The third-order valence-electron chi connectivity index (χ3n) is 3.79. The zero-order chi connectivity index (χ0) is 14.9. The van der Waals surface area contributed by atoms with Crippen LogP contribution in [0.4, 0.5) is 5.69 Å². The van der Waals surface area contributed by atoms with Gasteiger partial charge in [-0.1, -0.05) is 18.5 Å². The van der Waals surface area contributed by atoms with Gasteiger partial charge < -0.3 is 4.90 Å². The lowest BCUT2D eigenvalue weighted by atomic mass is 9.93.